The summed E-state index contributed by atoms with van der Waals surface area (Å²) < 4.78 is 5.05. The Bertz CT molecular complexity index is 486. The third-order valence-electron chi connectivity index (χ3n) is 2.46. The lowest BCUT2D eigenvalue weighted by Crippen LogP contribution is -2.35. The van der Waals surface area contributed by atoms with Crippen LogP contribution < -0.4 is 4.74 Å². The summed E-state index contributed by atoms with van der Waals surface area (Å²) in [5.74, 6) is -2.52. The molecule has 0 aliphatic carbocycles. The van der Waals surface area contributed by atoms with Crippen molar-refractivity contribution in [3.8, 4) is 11.5 Å². The molecule has 1 aliphatic heterocycles. The minimum absolute atomic E-state index is 0.0469. The fourth-order valence-corrected chi connectivity index (χ4v) is 1.72. The first kappa shape index (κ1) is 10.7. The van der Waals surface area contributed by atoms with Crippen molar-refractivity contribution in [1.82, 2.24) is 0 Å². The van der Waals surface area contributed by atoms with E-state index >= 15 is 0 Å². The Morgan fingerprint density at radius 2 is 2.12 bits per heavy atom. The van der Waals surface area contributed by atoms with Crippen LogP contribution in [0.4, 0.5) is 0 Å². The molecule has 1 atom stereocenters. The van der Waals surface area contributed by atoms with Gasteiger partial charge in [-0.2, -0.15) is 0 Å². The van der Waals surface area contributed by atoms with E-state index in [2.05, 4.69) is 0 Å². The highest BCUT2D eigenvalue weighted by molar-refractivity contribution is 6.09. The molecule has 16 heavy (non-hydrogen) atoms. The number of aliphatic hydroxyl groups is 1. The Balaban J connectivity index is 2.68. The third-order valence-corrected chi connectivity index (χ3v) is 2.46. The Labute approximate surface area is 92.8 Å². The van der Waals surface area contributed by atoms with Gasteiger partial charge >= 0.3 is 0 Å². The van der Waals surface area contributed by atoms with Crippen LogP contribution >= 0.6 is 0 Å². The molecule has 4 heteroatoms. The van der Waals surface area contributed by atoms with Crippen molar-refractivity contribution in [3.63, 3.8) is 0 Å². The van der Waals surface area contributed by atoms with Gasteiger partial charge in [0, 0.05) is 6.92 Å². The zero-order chi connectivity index (χ0) is 11.9. The average Bonchev–Trinajstić information content (AvgIpc) is 2.45. The number of Topliss-reactive ketones (excluding diaryl/α,β-unsaturated/α-hetero) is 1. The number of phenolic OH excluding ortho intramolecular Hbond substituents is 1. The van der Waals surface area contributed by atoms with E-state index in [1.807, 2.05) is 6.92 Å². The van der Waals surface area contributed by atoms with Crippen LogP contribution in [0, 0.1) is 0 Å². The molecule has 0 bridgehead atoms. The van der Waals surface area contributed by atoms with Crippen molar-refractivity contribution >= 4 is 11.9 Å². The molecule has 0 aromatic heterocycles. The highest BCUT2D eigenvalue weighted by atomic mass is 16.6. The fourth-order valence-electron chi connectivity index (χ4n) is 1.72. The lowest BCUT2D eigenvalue weighted by Gasteiger charge is -2.13. The van der Waals surface area contributed by atoms with E-state index in [4.69, 9.17) is 4.74 Å². The van der Waals surface area contributed by atoms with Gasteiger partial charge in [0.25, 0.3) is 5.79 Å². The first-order valence-electron chi connectivity index (χ1n) is 4.92. The number of phenols is 1. The minimum Gasteiger partial charge on any atom is -0.504 e. The molecule has 0 amide bonds. The molecule has 1 unspecified atom stereocenters. The summed E-state index contributed by atoms with van der Waals surface area (Å²) in [6.45, 7) is 3.08. The zero-order valence-corrected chi connectivity index (χ0v) is 9.02. The predicted molar refractivity (Wildman–Crippen MR) is 58.4 cm³/mol. The van der Waals surface area contributed by atoms with Crippen molar-refractivity contribution in [1.29, 1.82) is 0 Å². The Morgan fingerprint density at radius 3 is 2.75 bits per heavy atom. The molecule has 1 aromatic carbocycles. The summed E-state index contributed by atoms with van der Waals surface area (Å²) in [6.07, 6.45) is 3.49. The smallest absolute Gasteiger partial charge is 0.270 e. The number of aromatic hydroxyl groups is 1. The number of carbonyl (C=O) groups is 1. The number of allylic oxidation sites excluding steroid dienone is 1. The number of ether oxygens (including phenoxy) is 1. The van der Waals surface area contributed by atoms with Crippen molar-refractivity contribution < 1.29 is 19.7 Å². The summed E-state index contributed by atoms with van der Waals surface area (Å²) >= 11 is 0. The first-order chi connectivity index (χ1) is 7.47. The van der Waals surface area contributed by atoms with Gasteiger partial charge in [-0.3, -0.25) is 4.79 Å². The molecule has 1 heterocycles. The van der Waals surface area contributed by atoms with Crippen molar-refractivity contribution in [3.05, 3.63) is 29.3 Å². The maximum atomic E-state index is 11.8. The second-order valence-corrected chi connectivity index (χ2v) is 3.79. The number of hydrogen-bond acceptors (Lipinski definition) is 4. The first-order valence-corrected chi connectivity index (χ1v) is 4.92. The van der Waals surface area contributed by atoms with Crippen LogP contribution in [-0.4, -0.2) is 21.8 Å². The van der Waals surface area contributed by atoms with Gasteiger partial charge in [-0.25, -0.2) is 0 Å². The van der Waals surface area contributed by atoms with E-state index in [9.17, 15) is 15.0 Å². The number of rotatable bonds is 1. The highest BCUT2D eigenvalue weighted by Crippen LogP contribution is 2.42. The number of ketones is 1. The van der Waals surface area contributed by atoms with Gasteiger partial charge in [0.05, 0.1) is 5.56 Å². The van der Waals surface area contributed by atoms with Crippen LogP contribution in [0.2, 0.25) is 0 Å². The maximum absolute atomic E-state index is 11.8. The summed E-state index contributed by atoms with van der Waals surface area (Å²) in [4.78, 5) is 11.8. The highest BCUT2D eigenvalue weighted by Gasteiger charge is 2.44. The molecule has 0 saturated heterocycles. The average molecular weight is 220 g/mol. The second-order valence-electron chi connectivity index (χ2n) is 3.79. The van der Waals surface area contributed by atoms with Crippen LogP contribution in [0.5, 0.6) is 11.5 Å². The van der Waals surface area contributed by atoms with E-state index in [1.165, 1.54) is 13.0 Å². The Hall–Kier alpha value is -1.81. The molecule has 0 fully saturated rings. The number of benzene rings is 1. The van der Waals surface area contributed by atoms with Crippen molar-refractivity contribution in [2.75, 3.05) is 0 Å². The third kappa shape index (κ3) is 1.39. The standard InChI is InChI=1S/C12H12O4/c1-3-4-7-5-6-8(13)10-9(7)11(14)12(2,15)16-10/h3-6,13,15H,1-2H3/b4-3+. The van der Waals surface area contributed by atoms with Gasteiger partial charge < -0.3 is 14.9 Å². The molecule has 0 radical (unpaired) electrons. The van der Waals surface area contributed by atoms with Gasteiger partial charge in [-0.15, -0.1) is 0 Å². The van der Waals surface area contributed by atoms with Gasteiger partial charge in [0.2, 0.25) is 5.78 Å². The summed E-state index contributed by atoms with van der Waals surface area (Å²) in [5, 5.41) is 19.3. The monoisotopic (exact) mass is 220 g/mol. The summed E-state index contributed by atoms with van der Waals surface area (Å²) in [5.41, 5.74) is 0.848. The zero-order valence-electron chi connectivity index (χ0n) is 9.02. The Kier molecular flexibility index (Phi) is 2.24. The molecule has 0 saturated carbocycles. The van der Waals surface area contributed by atoms with Gasteiger partial charge in [0.1, 0.15) is 0 Å². The quantitative estimate of drug-likeness (QED) is 0.756. The van der Waals surface area contributed by atoms with E-state index in [-0.39, 0.29) is 17.1 Å². The minimum atomic E-state index is -1.89. The molecular formula is C12H12O4. The number of fused-ring (bicyclic) bond motifs is 1. The van der Waals surface area contributed by atoms with E-state index in [0.29, 0.717) is 5.56 Å². The molecule has 4 nitrogen and oxygen atoms in total. The molecule has 2 rings (SSSR count). The Morgan fingerprint density at radius 1 is 1.44 bits per heavy atom. The fraction of sp³-hybridized carbons (Fsp3) is 0.250. The molecule has 1 aliphatic rings. The molecular weight excluding hydrogens is 208 g/mol. The molecule has 1 aromatic rings. The number of hydrogen-bond donors (Lipinski definition) is 2. The lowest BCUT2D eigenvalue weighted by atomic mass is 10.00. The van der Waals surface area contributed by atoms with Crippen molar-refractivity contribution in [2.45, 2.75) is 19.6 Å². The SMILES string of the molecule is C/C=C/c1ccc(O)c2c1C(=O)C(C)(O)O2. The molecule has 0 spiro atoms. The van der Waals surface area contributed by atoms with Gasteiger partial charge in [-0.1, -0.05) is 18.2 Å². The van der Waals surface area contributed by atoms with Crippen LogP contribution in [0.25, 0.3) is 6.08 Å². The molecule has 84 valence electrons. The van der Waals surface area contributed by atoms with Crippen molar-refractivity contribution in [2.24, 2.45) is 0 Å². The van der Waals surface area contributed by atoms with E-state index < -0.39 is 11.6 Å². The summed E-state index contributed by atoms with van der Waals surface area (Å²) in [6, 6.07) is 3.04. The maximum Gasteiger partial charge on any atom is 0.270 e. The van der Waals surface area contributed by atoms with Crippen LogP contribution in [0.15, 0.2) is 18.2 Å². The van der Waals surface area contributed by atoms with Crippen LogP contribution in [0.1, 0.15) is 29.8 Å². The number of carbonyl (C=O) groups excluding carboxylic acids is 1. The second kappa shape index (κ2) is 3.35. The van der Waals surface area contributed by atoms with E-state index in [1.54, 1.807) is 18.2 Å². The normalized spacial score (nSPS) is 23.6. The lowest BCUT2D eigenvalue weighted by molar-refractivity contribution is -0.0757. The largest absolute Gasteiger partial charge is 0.504 e. The van der Waals surface area contributed by atoms with Crippen LogP contribution in [0.3, 0.4) is 0 Å². The topological polar surface area (TPSA) is 66.8 Å². The molecule has 2 N–H and O–H groups in total. The van der Waals surface area contributed by atoms with Crippen LogP contribution in [-0.2, 0) is 0 Å². The van der Waals surface area contributed by atoms with Gasteiger partial charge in [0.15, 0.2) is 11.5 Å². The summed E-state index contributed by atoms with van der Waals surface area (Å²) in [7, 11) is 0. The van der Waals surface area contributed by atoms with Gasteiger partial charge in [-0.05, 0) is 18.6 Å². The van der Waals surface area contributed by atoms with E-state index in [0.717, 1.165) is 0 Å². The predicted octanol–water partition coefficient (Wildman–Crippen LogP) is 1.71.